The lowest BCUT2D eigenvalue weighted by atomic mass is 9.96. The van der Waals surface area contributed by atoms with Crippen LogP contribution in [0.1, 0.15) is 29.4 Å². The molecular weight excluding hydrogens is 550 g/mol. The molecule has 2 saturated heterocycles. The van der Waals surface area contributed by atoms with Gasteiger partial charge in [0.05, 0.1) is 42.4 Å². The van der Waals surface area contributed by atoms with Crippen molar-refractivity contribution in [3.05, 3.63) is 53.5 Å². The van der Waals surface area contributed by atoms with Crippen molar-refractivity contribution in [3.63, 3.8) is 0 Å². The van der Waals surface area contributed by atoms with Crippen molar-refractivity contribution < 1.29 is 30.7 Å². The molecule has 2 N–H and O–H groups in total. The third-order valence-electron chi connectivity index (χ3n) is 7.29. The SMILES string of the molecule is COc1cc(S(C)(=O)=O)ccc1NCC#Cc1nc2c([C@@H]3C[C@@]4(F)CN(C)C[C@H]4N3)cccn2c1CC(F)(F)F. The van der Waals surface area contributed by atoms with E-state index >= 15 is 4.39 Å². The molecule has 40 heavy (non-hydrogen) atoms. The molecule has 0 saturated carbocycles. The van der Waals surface area contributed by atoms with Gasteiger partial charge in [-0.2, -0.15) is 13.2 Å². The molecule has 4 heterocycles. The number of rotatable bonds is 6. The second-order valence-electron chi connectivity index (χ2n) is 10.4. The lowest BCUT2D eigenvalue weighted by molar-refractivity contribution is -0.128. The van der Waals surface area contributed by atoms with E-state index < -0.39 is 34.1 Å². The predicted molar refractivity (Wildman–Crippen MR) is 142 cm³/mol. The van der Waals surface area contributed by atoms with E-state index in [4.69, 9.17) is 4.74 Å². The van der Waals surface area contributed by atoms with Crippen LogP contribution in [0, 0.1) is 11.8 Å². The number of likely N-dealkylation sites (tertiary alicyclic amines) is 1. The number of alkyl halides is 4. The molecule has 3 aromatic rings. The molecule has 13 heteroatoms. The first-order chi connectivity index (χ1) is 18.8. The maximum atomic E-state index is 15.5. The fourth-order valence-corrected chi connectivity index (χ4v) is 6.17. The number of ether oxygens (including phenoxy) is 1. The van der Waals surface area contributed by atoms with E-state index in [1.165, 1.54) is 35.9 Å². The Morgan fingerprint density at radius 2 is 2.08 bits per heavy atom. The van der Waals surface area contributed by atoms with Crippen LogP contribution in [-0.2, 0) is 16.3 Å². The Balaban J connectivity index is 1.43. The maximum absolute atomic E-state index is 15.5. The molecule has 0 spiro atoms. The van der Waals surface area contributed by atoms with Crippen LogP contribution in [0.2, 0.25) is 0 Å². The van der Waals surface area contributed by atoms with Crippen molar-refractivity contribution >= 4 is 21.2 Å². The lowest BCUT2D eigenvalue weighted by Gasteiger charge is -2.18. The summed E-state index contributed by atoms with van der Waals surface area (Å²) in [6.07, 6.45) is -2.92. The zero-order valence-electron chi connectivity index (χ0n) is 22.1. The Morgan fingerprint density at radius 3 is 2.75 bits per heavy atom. The molecule has 0 unspecified atom stereocenters. The van der Waals surface area contributed by atoms with Crippen LogP contribution in [0.4, 0.5) is 23.2 Å². The third-order valence-corrected chi connectivity index (χ3v) is 8.41. The monoisotopic (exact) mass is 579 g/mol. The maximum Gasteiger partial charge on any atom is 0.394 e. The van der Waals surface area contributed by atoms with Gasteiger partial charge >= 0.3 is 6.18 Å². The van der Waals surface area contributed by atoms with Crippen LogP contribution in [0.3, 0.4) is 0 Å². The molecule has 2 aromatic heterocycles. The number of nitrogens with one attached hydrogen (secondary N) is 2. The van der Waals surface area contributed by atoms with Gasteiger partial charge in [-0.25, -0.2) is 17.8 Å². The number of methoxy groups -OCH3 is 1. The minimum atomic E-state index is -4.49. The average Bonchev–Trinajstić information content (AvgIpc) is 3.46. The van der Waals surface area contributed by atoms with Gasteiger partial charge < -0.3 is 24.7 Å². The molecule has 1 aromatic carbocycles. The summed E-state index contributed by atoms with van der Waals surface area (Å²) < 4.78 is 86.5. The zero-order valence-corrected chi connectivity index (χ0v) is 23.0. The molecule has 0 bridgehead atoms. The van der Waals surface area contributed by atoms with Crippen molar-refractivity contribution in [2.24, 2.45) is 0 Å². The largest absolute Gasteiger partial charge is 0.495 e. The van der Waals surface area contributed by atoms with Gasteiger partial charge in [0.25, 0.3) is 0 Å². The quantitative estimate of drug-likeness (QED) is 0.342. The number of nitrogens with zero attached hydrogens (tertiary/aromatic N) is 3. The van der Waals surface area contributed by atoms with Gasteiger partial charge in [0.2, 0.25) is 0 Å². The Hall–Kier alpha value is -3.34. The van der Waals surface area contributed by atoms with Crippen LogP contribution in [0.5, 0.6) is 5.75 Å². The molecule has 0 amide bonds. The van der Waals surface area contributed by atoms with E-state index in [2.05, 4.69) is 27.5 Å². The molecular formula is C27H29F4N5O3S. The zero-order chi connectivity index (χ0) is 28.9. The second kappa shape index (κ2) is 10.2. The number of hydrogen-bond acceptors (Lipinski definition) is 7. The van der Waals surface area contributed by atoms with Crippen molar-refractivity contribution in [1.29, 1.82) is 0 Å². The number of fused-ring (bicyclic) bond motifs is 2. The van der Waals surface area contributed by atoms with Gasteiger partial charge in [0.15, 0.2) is 9.84 Å². The van der Waals surface area contributed by atoms with Crippen LogP contribution in [0.25, 0.3) is 5.65 Å². The molecule has 8 nitrogen and oxygen atoms in total. The minimum Gasteiger partial charge on any atom is -0.495 e. The second-order valence-corrected chi connectivity index (χ2v) is 12.4. The standard InChI is InChI=1S/C27H29F4N5O3S/c1-35-15-24-26(28,16-35)13-21(33-24)18-6-5-11-36-22(14-27(29,30)31)19(34-25(18)36)7-4-10-32-20-9-8-17(40(3,37)38)12-23(20)39-2/h5-6,8-9,11-12,21,24,32-33H,10,13-16H2,1-3H3/t21-,24+,26+/m0/s1. The molecule has 0 aliphatic carbocycles. The number of halogens is 4. The smallest absolute Gasteiger partial charge is 0.394 e. The van der Waals surface area contributed by atoms with E-state index in [1.54, 1.807) is 12.1 Å². The highest BCUT2D eigenvalue weighted by Gasteiger charge is 2.53. The summed E-state index contributed by atoms with van der Waals surface area (Å²) >= 11 is 0. The molecule has 0 radical (unpaired) electrons. The Labute approximate surface area is 229 Å². The highest BCUT2D eigenvalue weighted by Crippen LogP contribution is 2.42. The first-order valence-electron chi connectivity index (χ1n) is 12.6. The molecule has 2 fully saturated rings. The topological polar surface area (TPSA) is 88.0 Å². The lowest BCUT2D eigenvalue weighted by Crippen LogP contribution is -2.37. The minimum absolute atomic E-state index is 0.0150. The normalized spacial score (nSPS) is 23.2. The fourth-order valence-electron chi connectivity index (χ4n) is 5.53. The number of aromatic nitrogens is 2. The fraction of sp³-hybridized carbons (Fsp3) is 0.444. The first-order valence-corrected chi connectivity index (χ1v) is 14.5. The van der Waals surface area contributed by atoms with Gasteiger partial charge in [-0.1, -0.05) is 12.0 Å². The van der Waals surface area contributed by atoms with E-state index in [0.29, 0.717) is 30.0 Å². The summed E-state index contributed by atoms with van der Waals surface area (Å²) in [5.74, 6) is 5.85. The number of imidazole rings is 1. The number of pyridine rings is 1. The van der Waals surface area contributed by atoms with E-state index in [0.717, 1.165) is 6.26 Å². The number of benzene rings is 1. The predicted octanol–water partition coefficient (Wildman–Crippen LogP) is 3.37. The molecule has 214 valence electrons. The highest BCUT2D eigenvalue weighted by molar-refractivity contribution is 7.90. The van der Waals surface area contributed by atoms with Crippen molar-refractivity contribution in [2.45, 2.75) is 41.7 Å². The molecule has 3 atom stereocenters. The van der Waals surface area contributed by atoms with E-state index in [-0.39, 0.29) is 41.0 Å². The van der Waals surface area contributed by atoms with Gasteiger partial charge in [-0.05, 0) is 31.2 Å². The summed E-state index contributed by atoms with van der Waals surface area (Å²) in [4.78, 5) is 6.49. The Kier molecular flexibility index (Phi) is 7.22. The summed E-state index contributed by atoms with van der Waals surface area (Å²) in [6.45, 7) is 0.878. The number of anilines is 1. The number of likely N-dealkylation sites (N-methyl/N-ethyl adjacent to an activating group) is 1. The van der Waals surface area contributed by atoms with E-state index in [9.17, 15) is 21.6 Å². The van der Waals surface area contributed by atoms with Gasteiger partial charge in [-0.3, -0.25) is 0 Å². The van der Waals surface area contributed by atoms with Gasteiger partial charge in [0.1, 0.15) is 22.8 Å². The van der Waals surface area contributed by atoms with Crippen LogP contribution in [-0.4, -0.2) is 80.6 Å². The summed E-state index contributed by atoms with van der Waals surface area (Å²) in [5.41, 5.74) is -0.115. The molecule has 2 aliphatic rings. The Morgan fingerprint density at radius 1 is 1.30 bits per heavy atom. The number of sulfone groups is 1. The Bertz CT molecular complexity index is 1610. The van der Waals surface area contributed by atoms with E-state index in [1.807, 2.05) is 11.9 Å². The molecule has 2 aliphatic heterocycles. The summed E-state index contributed by atoms with van der Waals surface area (Å²) in [5, 5.41) is 6.31. The van der Waals surface area contributed by atoms with Crippen molar-refractivity contribution in [2.75, 3.05) is 45.4 Å². The molecule has 5 rings (SSSR count). The summed E-state index contributed by atoms with van der Waals surface area (Å²) in [7, 11) is -0.181. The van der Waals surface area contributed by atoms with Crippen LogP contribution in [0.15, 0.2) is 41.4 Å². The van der Waals surface area contributed by atoms with Crippen LogP contribution >= 0.6 is 0 Å². The first kappa shape index (κ1) is 28.2. The van der Waals surface area contributed by atoms with Crippen molar-refractivity contribution in [1.82, 2.24) is 19.6 Å². The third kappa shape index (κ3) is 5.61. The average molecular weight is 580 g/mol. The highest BCUT2D eigenvalue weighted by atomic mass is 32.2. The number of hydrogen-bond donors (Lipinski definition) is 2. The summed E-state index contributed by atoms with van der Waals surface area (Å²) in [6, 6.07) is 6.98. The van der Waals surface area contributed by atoms with Crippen LogP contribution < -0.4 is 15.4 Å². The van der Waals surface area contributed by atoms with Gasteiger partial charge in [0, 0.05) is 49.6 Å². The van der Waals surface area contributed by atoms with Crippen molar-refractivity contribution in [3.8, 4) is 17.6 Å². The van der Waals surface area contributed by atoms with Gasteiger partial charge in [-0.15, -0.1) is 0 Å².